The molecule has 1 heterocycles. The van der Waals surface area contributed by atoms with E-state index < -0.39 is 0 Å². The second-order valence-electron chi connectivity index (χ2n) is 4.34. The van der Waals surface area contributed by atoms with Crippen LogP contribution in [0.25, 0.3) is 11.0 Å². The lowest BCUT2D eigenvalue weighted by molar-refractivity contribution is 0.557. The predicted molar refractivity (Wildman–Crippen MR) is 77.8 cm³/mol. The minimum atomic E-state index is -0.312. The molecule has 3 rings (SSSR count). The Hall–Kier alpha value is -2.00. The summed E-state index contributed by atoms with van der Waals surface area (Å²) in [6.07, 6.45) is 0. The van der Waals surface area contributed by atoms with E-state index in [-0.39, 0.29) is 5.63 Å². The third-order valence-electron chi connectivity index (χ3n) is 2.86. The zero-order valence-corrected chi connectivity index (χ0v) is 11.2. The minimum Gasteiger partial charge on any atom is -0.423 e. The summed E-state index contributed by atoms with van der Waals surface area (Å²) in [5.74, 6) is 0. The van der Waals surface area contributed by atoms with E-state index in [0.717, 1.165) is 15.2 Å². The summed E-state index contributed by atoms with van der Waals surface area (Å²) in [4.78, 5) is 13.6. The van der Waals surface area contributed by atoms with Crippen LogP contribution < -0.4 is 5.63 Å². The van der Waals surface area contributed by atoms with Crippen molar-refractivity contribution in [3.8, 4) is 0 Å². The highest BCUT2D eigenvalue weighted by molar-refractivity contribution is 7.99. The van der Waals surface area contributed by atoms with Gasteiger partial charge in [-0.25, -0.2) is 4.79 Å². The molecule has 94 valence electrons. The maximum absolute atomic E-state index is 11.6. The normalized spacial score (nSPS) is 10.8. The molecule has 0 spiro atoms. The third kappa shape index (κ3) is 2.56. The molecular weight excluding hydrogens is 256 g/mol. The van der Waals surface area contributed by atoms with Crippen LogP contribution in [0.1, 0.15) is 5.56 Å². The van der Waals surface area contributed by atoms with Gasteiger partial charge in [-0.1, -0.05) is 47.7 Å². The zero-order chi connectivity index (χ0) is 13.2. The Kier molecular flexibility index (Phi) is 3.13. The van der Waals surface area contributed by atoms with Crippen molar-refractivity contribution < 1.29 is 4.42 Å². The maximum Gasteiger partial charge on any atom is 0.337 e. The average Bonchev–Trinajstić information content (AvgIpc) is 2.41. The Bertz CT molecular complexity index is 773. The van der Waals surface area contributed by atoms with E-state index in [9.17, 15) is 4.79 Å². The number of para-hydroxylation sites is 1. The topological polar surface area (TPSA) is 30.2 Å². The van der Waals surface area contributed by atoms with Gasteiger partial charge in [0.25, 0.3) is 0 Å². The lowest BCUT2D eigenvalue weighted by Gasteiger charge is -2.05. The van der Waals surface area contributed by atoms with E-state index in [1.807, 2.05) is 24.3 Å². The Morgan fingerprint density at radius 3 is 2.53 bits per heavy atom. The monoisotopic (exact) mass is 268 g/mol. The molecule has 0 amide bonds. The Labute approximate surface area is 115 Å². The zero-order valence-electron chi connectivity index (χ0n) is 10.4. The van der Waals surface area contributed by atoms with Crippen molar-refractivity contribution in [1.82, 2.24) is 0 Å². The smallest absolute Gasteiger partial charge is 0.337 e. The van der Waals surface area contributed by atoms with Crippen molar-refractivity contribution >= 4 is 22.7 Å². The molecule has 0 atom stereocenters. The number of benzene rings is 2. The first-order valence-corrected chi connectivity index (χ1v) is 6.81. The van der Waals surface area contributed by atoms with Gasteiger partial charge < -0.3 is 4.42 Å². The van der Waals surface area contributed by atoms with Gasteiger partial charge in [0.2, 0.25) is 0 Å². The number of rotatable bonds is 2. The first-order chi connectivity index (χ1) is 9.22. The van der Waals surface area contributed by atoms with E-state index in [2.05, 4.69) is 31.2 Å². The van der Waals surface area contributed by atoms with Gasteiger partial charge in [0.05, 0.1) is 0 Å². The van der Waals surface area contributed by atoms with Gasteiger partial charge in [0, 0.05) is 21.2 Å². The maximum atomic E-state index is 11.6. The van der Waals surface area contributed by atoms with Crippen LogP contribution >= 0.6 is 11.8 Å². The van der Waals surface area contributed by atoms with Crippen molar-refractivity contribution in [2.45, 2.75) is 16.7 Å². The summed E-state index contributed by atoms with van der Waals surface area (Å²) >= 11 is 1.58. The SMILES string of the molecule is Cc1ccc(Sc2cc(=O)oc3ccccc23)cc1. The first kappa shape index (κ1) is 12.1. The average molecular weight is 268 g/mol. The largest absolute Gasteiger partial charge is 0.423 e. The summed E-state index contributed by atoms with van der Waals surface area (Å²) in [6.45, 7) is 2.06. The van der Waals surface area contributed by atoms with Crippen LogP contribution in [0.3, 0.4) is 0 Å². The second kappa shape index (κ2) is 4.94. The molecule has 0 N–H and O–H groups in total. The molecule has 2 aromatic carbocycles. The van der Waals surface area contributed by atoms with Crippen molar-refractivity contribution in [3.63, 3.8) is 0 Å². The molecule has 0 saturated carbocycles. The molecular formula is C16H12O2S. The van der Waals surface area contributed by atoms with E-state index in [1.54, 1.807) is 17.8 Å². The fourth-order valence-electron chi connectivity index (χ4n) is 1.90. The van der Waals surface area contributed by atoms with Gasteiger partial charge in [0.15, 0.2) is 0 Å². The van der Waals surface area contributed by atoms with Crippen molar-refractivity contribution in [1.29, 1.82) is 0 Å². The van der Waals surface area contributed by atoms with Gasteiger partial charge in [-0.05, 0) is 25.1 Å². The Morgan fingerprint density at radius 2 is 1.74 bits per heavy atom. The van der Waals surface area contributed by atoms with Crippen molar-refractivity contribution in [2.24, 2.45) is 0 Å². The van der Waals surface area contributed by atoms with Gasteiger partial charge in [-0.3, -0.25) is 0 Å². The van der Waals surface area contributed by atoms with E-state index in [0.29, 0.717) is 5.58 Å². The molecule has 0 unspecified atom stereocenters. The molecule has 2 nitrogen and oxygen atoms in total. The summed E-state index contributed by atoms with van der Waals surface area (Å²) in [6, 6.07) is 17.4. The van der Waals surface area contributed by atoms with Gasteiger partial charge in [0.1, 0.15) is 5.58 Å². The van der Waals surface area contributed by atoms with E-state index >= 15 is 0 Å². The van der Waals surface area contributed by atoms with Crippen LogP contribution in [0.2, 0.25) is 0 Å². The van der Waals surface area contributed by atoms with Crippen LogP contribution in [-0.4, -0.2) is 0 Å². The molecule has 1 aromatic heterocycles. The fourth-order valence-corrected chi connectivity index (χ4v) is 2.86. The molecule has 19 heavy (non-hydrogen) atoms. The van der Waals surface area contributed by atoms with Crippen LogP contribution in [-0.2, 0) is 0 Å². The van der Waals surface area contributed by atoms with Crippen LogP contribution in [0, 0.1) is 6.92 Å². The Balaban J connectivity index is 2.09. The lowest BCUT2D eigenvalue weighted by atomic mass is 10.2. The second-order valence-corrected chi connectivity index (χ2v) is 5.46. The summed E-state index contributed by atoms with van der Waals surface area (Å²) in [5, 5.41) is 0.965. The molecule has 0 aliphatic heterocycles. The van der Waals surface area contributed by atoms with Crippen LogP contribution in [0.5, 0.6) is 0 Å². The van der Waals surface area contributed by atoms with E-state index in [4.69, 9.17) is 4.42 Å². The summed E-state index contributed by atoms with van der Waals surface area (Å²) in [7, 11) is 0. The summed E-state index contributed by atoms with van der Waals surface area (Å²) in [5.41, 5.74) is 1.54. The highest BCUT2D eigenvalue weighted by atomic mass is 32.2. The van der Waals surface area contributed by atoms with Crippen LogP contribution in [0.15, 0.2) is 73.6 Å². The fraction of sp³-hybridized carbons (Fsp3) is 0.0625. The number of hydrogen-bond donors (Lipinski definition) is 0. The number of aryl methyl sites for hydroxylation is 1. The molecule has 3 aromatic rings. The lowest BCUT2D eigenvalue weighted by Crippen LogP contribution is -1.96. The molecule has 0 radical (unpaired) electrons. The third-order valence-corrected chi connectivity index (χ3v) is 3.93. The minimum absolute atomic E-state index is 0.312. The number of fused-ring (bicyclic) bond motifs is 1. The van der Waals surface area contributed by atoms with Gasteiger partial charge in [-0.2, -0.15) is 0 Å². The summed E-state index contributed by atoms with van der Waals surface area (Å²) < 4.78 is 5.19. The van der Waals surface area contributed by atoms with Crippen molar-refractivity contribution in [2.75, 3.05) is 0 Å². The van der Waals surface area contributed by atoms with E-state index in [1.165, 1.54) is 5.56 Å². The molecule has 0 saturated heterocycles. The van der Waals surface area contributed by atoms with Gasteiger partial charge >= 0.3 is 5.63 Å². The highest BCUT2D eigenvalue weighted by Crippen LogP contribution is 2.32. The predicted octanol–water partition coefficient (Wildman–Crippen LogP) is 4.25. The molecule has 0 aliphatic rings. The number of hydrogen-bond acceptors (Lipinski definition) is 3. The molecule has 3 heteroatoms. The van der Waals surface area contributed by atoms with Crippen molar-refractivity contribution in [3.05, 3.63) is 70.6 Å². The standard InChI is InChI=1S/C16H12O2S/c1-11-6-8-12(9-7-11)19-15-10-16(17)18-14-5-3-2-4-13(14)15/h2-10H,1H3. The first-order valence-electron chi connectivity index (χ1n) is 6.00. The molecule has 0 aliphatic carbocycles. The molecule has 0 bridgehead atoms. The van der Waals surface area contributed by atoms with Gasteiger partial charge in [-0.15, -0.1) is 0 Å². The Morgan fingerprint density at radius 1 is 1.00 bits per heavy atom. The molecule has 0 fully saturated rings. The quantitative estimate of drug-likeness (QED) is 0.651. The highest BCUT2D eigenvalue weighted by Gasteiger charge is 2.06. The van der Waals surface area contributed by atoms with Crippen LogP contribution in [0.4, 0.5) is 0 Å².